The van der Waals surface area contributed by atoms with Gasteiger partial charge in [0.2, 0.25) is 0 Å². The van der Waals surface area contributed by atoms with Crippen LogP contribution in [0.25, 0.3) is 0 Å². The minimum atomic E-state index is -0.459. The minimum absolute atomic E-state index is 0.0517. The minimum Gasteiger partial charge on any atom is -0.480 e. The Morgan fingerprint density at radius 1 is 1.25 bits per heavy atom. The van der Waals surface area contributed by atoms with Gasteiger partial charge in [-0.2, -0.15) is 0 Å². The number of hydrogen-bond acceptors (Lipinski definition) is 2. The van der Waals surface area contributed by atoms with Gasteiger partial charge < -0.3 is 9.64 Å². The van der Waals surface area contributed by atoms with Crippen LogP contribution in [-0.2, 0) is 11.2 Å². The van der Waals surface area contributed by atoms with Gasteiger partial charge in [0.25, 0.3) is 5.91 Å². The summed E-state index contributed by atoms with van der Waals surface area (Å²) in [6, 6.07) is 14.4. The highest BCUT2D eigenvalue weighted by atomic mass is 16.5. The molecule has 2 atom stereocenters. The second kappa shape index (κ2) is 6.68. The predicted molar refractivity (Wildman–Crippen MR) is 97.7 cm³/mol. The van der Waals surface area contributed by atoms with Crippen LogP contribution in [0, 0.1) is 13.8 Å². The van der Waals surface area contributed by atoms with Crippen molar-refractivity contribution in [1.29, 1.82) is 0 Å². The number of carbonyl (C=O) groups excluding carboxylic acids is 1. The van der Waals surface area contributed by atoms with Gasteiger partial charge in [-0.25, -0.2) is 0 Å². The van der Waals surface area contributed by atoms with Crippen molar-refractivity contribution in [3.05, 3.63) is 59.2 Å². The number of nitrogens with zero attached hydrogens (tertiary/aromatic N) is 1. The number of hydrogen-bond donors (Lipinski definition) is 0. The smallest absolute Gasteiger partial charge is 0.268 e. The molecule has 3 heteroatoms. The largest absolute Gasteiger partial charge is 0.480 e. The highest BCUT2D eigenvalue weighted by Crippen LogP contribution is 2.33. The molecule has 126 valence electrons. The second-order valence-corrected chi connectivity index (χ2v) is 6.67. The maximum absolute atomic E-state index is 13.2. The van der Waals surface area contributed by atoms with Crippen molar-refractivity contribution in [3.63, 3.8) is 0 Å². The third-order valence-electron chi connectivity index (χ3n) is 4.70. The number of para-hydroxylation sites is 1. The second-order valence-electron chi connectivity index (χ2n) is 6.67. The lowest BCUT2D eigenvalue weighted by molar-refractivity contribution is -0.125. The van der Waals surface area contributed by atoms with E-state index in [1.54, 1.807) is 0 Å². The number of benzene rings is 2. The summed E-state index contributed by atoms with van der Waals surface area (Å²) in [6.07, 6.45) is 1.10. The first-order chi connectivity index (χ1) is 11.5. The molecule has 24 heavy (non-hydrogen) atoms. The molecule has 0 radical (unpaired) electrons. The molecule has 3 nitrogen and oxygen atoms in total. The molecular formula is C21H25NO2. The van der Waals surface area contributed by atoms with Crippen molar-refractivity contribution in [2.75, 3.05) is 4.90 Å². The van der Waals surface area contributed by atoms with E-state index in [1.165, 1.54) is 5.56 Å². The van der Waals surface area contributed by atoms with Crippen LogP contribution in [0.5, 0.6) is 5.75 Å². The molecule has 0 N–H and O–H groups in total. The lowest BCUT2D eigenvalue weighted by Gasteiger charge is -2.28. The number of carbonyl (C=O) groups is 1. The van der Waals surface area contributed by atoms with E-state index >= 15 is 0 Å². The van der Waals surface area contributed by atoms with Crippen molar-refractivity contribution in [2.45, 2.75) is 52.7 Å². The summed E-state index contributed by atoms with van der Waals surface area (Å²) in [5.41, 5.74) is 4.46. The first kappa shape index (κ1) is 16.6. The van der Waals surface area contributed by atoms with Crippen LogP contribution in [0.1, 0.15) is 37.0 Å². The molecule has 1 heterocycles. The summed E-state index contributed by atoms with van der Waals surface area (Å²) in [5.74, 6) is 0.853. The zero-order valence-electron chi connectivity index (χ0n) is 14.9. The van der Waals surface area contributed by atoms with Crippen molar-refractivity contribution >= 4 is 11.6 Å². The third-order valence-corrected chi connectivity index (χ3v) is 4.70. The Morgan fingerprint density at radius 3 is 2.75 bits per heavy atom. The van der Waals surface area contributed by atoms with E-state index < -0.39 is 6.10 Å². The average Bonchev–Trinajstić information content (AvgIpc) is 2.90. The van der Waals surface area contributed by atoms with E-state index in [-0.39, 0.29) is 11.9 Å². The van der Waals surface area contributed by atoms with Crippen LogP contribution in [0.4, 0.5) is 5.69 Å². The molecule has 0 aliphatic carbocycles. The molecule has 0 fully saturated rings. The molecule has 0 saturated carbocycles. The molecule has 0 unspecified atom stereocenters. The first-order valence-corrected chi connectivity index (χ1v) is 8.66. The summed E-state index contributed by atoms with van der Waals surface area (Å²) < 4.78 is 6.12. The number of anilines is 1. The SMILES string of the molecule is CC[C@H](Oc1cc(C)ccc1C)C(=O)N1c2ccccc2C[C@@H]1C. The van der Waals surface area contributed by atoms with Gasteiger partial charge in [0.05, 0.1) is 0 Å². The molecule has 0 aromatic heterocycles. The Hall–Kier alpha value is -2.29. The van der Waals surface area contributed by atoms with Gasteiger partial charge in [-0.15, -0.1) is 0 Å². The molecule has 1 aliphatic heterocycles. The highest BCUT2D eigenvalue weighted by molar-refractivity contribution is 5.99. The molecule has 1 amide bonds. The zero-order chi connectivity index (χ0) is 17.3. The van der Waals surface area contributed by atoms with E-state index in [0.717, 1.165) is 29.0 Å². The quantitative estimate of drug-likeness (QED) is 0.832. The van der Waals surface area contributed by atoms with Crippen LogP contribution in [0.15, 0.2) is 42.5 Å². The third kappa shape index (κ3) is 3.03. The van der Waals surface area contributed by atoms with Crippen LogP contribution < -0.4 is 9.64 Å². The number of fused-ring (bicyclic) bond motifs is 1. The Balaban J connectivity index is 1.86. The summed E-state index contributed by atoms with van der Waals surface area (Å²) in [7, 11) is 0. The number of amides is 1. The van der Waals surface area contributed by atoms with Gasteiger partial charge in [0.15, 0.2) is 6.10 Å². The van der Waals surface area contributed by atoms with Gasteiger partial charge in [0.1, 0.15) is 5.75 Å². The Morgan fingerprint density at radius 2 is 2.00 bits per heavy atom. The number of aryl methyl sites for hydroxylation is 2. The molecule has 0 saturated heterocycles. The fraction of sp³-hybridized carbons (Fsp3) is 0.381. The van der Waals surface area contributed by atoms with Gasteiger partial charge >= 0.3 is 0 Å². The van der Waals surface area contributed by atoms with Crippen LogP contribution >= 0.6 is 0 Å². The monoisotopic (exact) mass is 323 g/mol. The van der Waals surface area contributed by atoms with Crippen LogP contribution in [0.3, 0.4) is 0 Å². The van der Waals surface area contributed by atoms with E-state index in [9.17, 15) is 4.79 Å². The maximum Gasteiger partial charge on any atom is 0.268 e. The van der Waals surface area contributed by atoms with Crippen molar-refractivity contribution in [2.24, 2.45) is 0 Å². The molecule has 0 bridgehead atoms. The number of ether oxygens (including phenoxy) is 1. The maximum atomic E-state index is 13.2. The molecule has 0 spiro atoms. The summed E-state index contributed by atoms with van der Waals surface area (Å²) >= 11 is 0. The predicted octanol–water partition coefficient (Wildman–Crippen LogP) is 4.44. The molecule has 1 aliphatic rings. The number of rotatable bonds is 4. The van der Waals surface area contributed by atoms with E-state index in [2.05, 4.69) is 19.1 Å². The summed E-state index contributed by atoms with van der Waals surface area (Å²) in [4.78, 5) is 15.1. The Kier molecular flexibility index (Phi) is 4.61. The topological polar surface area (TPSA) is 29.5 Å². The molecular weight excluding hydrogens is 298 g/mol. The average molecular weight is 323 g/mol. The van der Waals surface area contributed by atoms with Crippen LogP contribution in [-0.4, -0.2) is 18.1 Å². The Bertz CT molecular complexity index is 753. The highest BCUT2D eigenvalue weighted by Gasteiger charge is 2.35. The lowest BCUT2D eigenvalue weighted by atomic mass is 10.1. The normalized spacial score (nSPS) is 17.5. The van der Waals surface area contributed by atoms with Gasteiger partial charge in [-0.1, -0.05) is 37.3 Å². The van der Waals surface area contributed by atoms with Gasteiger partial charge in [0, 0.05) is 11.7 Å². The first-order valence-electron chi connectivity index (χ1n) is 8.66. The van der Waals surface area contributed by atoms with Crippen molar-refractivity contribution in [3.8, 4) is 5.75 Å². The fourth-order valence-corrected chi connectivity index (χ4v) is 3.35. The molecule has 2 aromatic carbocycles. The van der Waals surface area contributed by atoms with Gasteiger partial charge in [-0.3, -0.25) is 4.79 Å². The zero-order valence-corrected chi connectivity index (χ0v) is 14.9. The fourth-order valence-electron chi connectivity index (χ4n) is 3.35. The lowest BCUT2D eigenvalue weighted by Crippen LogP contribution is -2.44. The van der Waals surface area contributed by atoms with Crippen molar-refractivity contribution < 1.29 is 9.53 Å². The van der Waals surface area contributed by atoms with E-state index in [4.69, 9.17) is 4.74 Å². The van der Waals surface area contributed by atoms with Crippen LogP contribution in [0.2, 0.25) is 0 Å². The molecule has 2 aromatic rings. The molecule has 3 rings (SSSR count). The van der Waals surface area contributed by atoms with Gasteiger partial charge in [-0.05, 0) is 62.4 Å². The van der Waals surface area contributed by atoms with E-state index in [1.807, 2.05) is 56.0 Å². The summed E-state index contributed by atoms with van der Waals surface area (Å²) in [5, 5.41) is 0. The van der Waals surface area contributed by atoms with Crippen molar-refractivity contribution in [1.82, 2.24) is 0 Å². The Labute approximate surface area is 144 Å². The standard InChI is InChI=1S/C21H25NO2/c1-5-19(24-20-12-14(2)10-11-15(20)3)21(23)22-16(4)13-17-8-6-7-9-18(17)22/h6-12,16,19H,5,13H2,1-4H3/t16-,19-/m0/s1. The summed E-state index contributed by atoms with van der Waals surface area (Å²) in [6.45, 7) is 8.15. The van der Waals surface area contributed by atoms with E-state index in [0.29, 0.717) is 6.42 Å².